The van der Waals surface area contributed by atoms with Crippen molar-refractivity contribution in [2.45, 2.75) is 39.3 Å². The van der Waals surface area contributed by atoms with Gasteiger partial charge in [-0.05, 0) is 12.3 Å². The number of nitrogens with zero attached hydrogens (tertiary/aromatic N) is 4. The van der Waals surface area contributed by atoms with Gasteiger partial charge in [0.25, 0.3) is 0 Å². The molecule has 11 heteroatoms. The van der Waals surface area contributed by atoms with Crippen LogP contribution in [-0.2, 0) is 24.4 Å². The van der Waals surface area contributed by atoms with Gasteiger partial charge in [-0.25, -0.2) is 12.7 Å². The van der Waals surface area contributed by atoms with Crippen LogP contribution >= 0.6 is 12.4 Å². The Kier molecular flexibility index (Phi) is 8.15. The molecule has 3 amide bonds. The zero-order chi connectivity index (χ0) is 22.2. The number of hydrogen-bond donors (Lipinski definition) is 0. The van der Waals surface area contributed by atoms with Gasteiger partial charge in [0.2, 0.25) is 27.7 Å². The fourth-order valence-corrected chi connectivity index (χ4v) is 6.10. The first-order valence-corrected chi connectivity index (χ1v) is 12.4. The Morgan fingerprint density at radius 2 is 1.74 bits per heavy atom. The maximum Gasteiger partial charge on any atom is 0.246 e. The van der Waals surface area contributed by atoms with Gasteiger partial charge >= 0.3 is 0 Å². The molecular formula is C20H33ClN4O5S. The summed E-state index contributed by atoms with van der Waals surface area (Å²) < 4.78 is 25.4. The van der Waals surface area contributed by atoms with Crippen LogP contribution in [0.1, 0.15) is 27.2 Å². The lowest BCUT2D eigenvalue weighted by Gasteiger charge is -2.33. The summed E-state index contributed by atoms with van der Waals surface area (Å²) in [5.41, 5.74) is 0. The number of halogens is 1. The van der Waals surface area contributed by atoms with Crippen LogP contribution in [0.15, 0.2) is 12.2 Å². The summed E-state index contributed by atoms with van der Waals surface area (Å²) in [5.74, 6) is -1.07. The van der Waals surface area contributed by atoms with Crippen LogP contribution in [0.3, 0.4) is 0 Å². The van der Waals surface area contributed by atoms with Crippen LogP contribution in [-0.4, -0.2) is 103 Å². The average molecular weight is 477 g/mol. The molecule has 0 bridgehead atoms. The molecule has 176 valence electrons. The Hall–Kier alpha value is -1.65. The SMILES string of the molecule is CC(=O)N1CCN(C/C=C/C(=O)N2CC[C@H]3[C@H]2[C@@H](C(C)C)C(=O)N3S(C)(=O)=O)CC1.Cl. The van der Waals surface area contributed by atoms with E-state index in [9.17, 15) is 22.8 Å². The van der Waals surface area contributed by atoms with Crippen molar-refractivity contribution in [3.63, 3.8) is 0 Å². The minimum Gasteiger partial charge on any atom is -0.340 e. The second-order valence-corrected chi connectivity index (χ2v) is 10.6. The molecule has 9 nitrogen and oxygen atoms in total. The smallest absolute Gasteiger partial charge is 0.246 e. The van der Waals surface area contributed by atoms with E-state index in [-0.39, 0.29) is 30.1 Å². The maximum absolute atomic E-state index is 12.9. The van der Waals surface area contributed by atoms with E-state index in [0.717, 1.165) is 23.7 Å². The molecule has 0 aliphatic carbocycles. The first kappa shape index (κ1) is 25.6. The van der Waals surface area contributed by atoms with Gasteiger partial charge in [-0.3, -0.25) is 19.3 Å². The number of sulfonamides is 1. The predicted molar refractivity (Wildman–Crippen MR) is 119 cm³/mol. The summed E-state index contributed by atoms with van der Waals surface area (Å²) in [4.78, 5) is 42.8. The summed E-state index contributed by atoms with van der Waals surface area (Å²) >= 11 is 0. The van der Waals surface area contributed by atoms with E-state index in [0.29, 0.717) is 32.6 Å². The molecule has 0 spiro atoms. The van der Waals surface area contributed by atoms with Crippen LogP contribution in [0, 0.1) is 11.8 Å². The molecule has 0 aromatic rings. The second-order valence-electron chi connectivity index (χ2n) is 8.75. The minimum atomic E-state index is -3.67. The predicted octanol–water partition coefficient (Wildman–Crippen LogP) is 0.172. The molecule has 0 N–H and O–H groups in total. The molecule has 3 saturated heterocycles. The van der Waals surface area contributed by atoms with E-state index in [1.54, 1.807) is 11.8 Å². The molecule has 3 rings (SSSR count). The van der Waals surface area contributed by atoms with Gasteiger partial charge in [0.05, 0.1) is 24.3 Å². The number of piperazine rings is 1. The van der Waals surface area contributed by atoms with Gasteiger partial charge in [0.1, 0.15) is 0 Å². The van der Waals surface area contributed by atoms with E-state index in [4.69, 9.17) is 0 Å². The Balaban J connectivity index is 0.00000341. The molecule has 0 radical (unpaired) electrons. The molecule has 3 atom stereocenters. The van der Waals surface area contributed by atoms with Crippen LogP contribution in [0.25, 0.3) is 0 Å². The van der Waals surface area contributed by atoms with Gasteiger partial charge in [-0.2, -0.15) is 0 Å². The van der Waals surface area contributed by atoms with Gasteiger partial charge in [-0.15, -0.1) is 12.4 Å². The molecule has 3 aliphatic heterocycles. The van der Waals surface area contributed by atoms with Gasteiger partial charge in [0.15, 0.2) is 0 Å². The number of rotatable bonds is 5. The lowest BCUT2D eigenvalue weighted by atomic mass is 9.88. The molecule has 0 aromatic heterocycles. The minimum absolute atomic E-state index is 0. The van der Waals surface area contributed by atoms with Crippen molar-refractivity contribution in [3.8, 4) is 0 Å². The van der Waals surface area contributed by atoms with Gasteiger partial charge in [0, 0.05) is 52.3 Å². The monoisotopic (exact) mass is 476 g/mol. The van der Waals surface area contributed by atoms with Crippen molar-refractivity contribution in [2.75, 3.05) is 45.5 Å². The maximum atomic E-state index is 12.9. The summed E-state index contributed by atoms with van der Waals surface area (Å²) in [5, 5.41) is 0. The van der Waals surface area contributed by atoms with Crippen molar-refractivity contribution in [3.05, 3.63) is 12.2 Å². The van der Waals surface area contributed by atoms with E-state index in [2.05, 4.69) is 4.90 Å². The summed E-state index contributed by atoms with van der Waals surface area (Å²) in [6.45, 7) is 9.31. The molecule has 3 aliphatic rings. The lowest BCUT2D eigenvalue weighted by molar-refractivity contribution is -0.132. The molecule has 31 heavy (non-hydrogen) atoms. The molecule has 3 fully saturated rings. The van der Waals surface area contributed by atoms with Gasteiger partial charge < -0.3 is 9.80 Å². The fourth-order valence-electron chi connectivity index (χ4n) is 4.93. The van der Waals surface area contributed by atoms with Crippen LogP contribution in [0.4, 0.5) is 0 Å². The topological polar surface area (TPSA) is 98.3 Å². The Morgan fingerprint density at radius 3 is 2.26 bits per heavy atom. The normalized spacial score (nSPS) is 27.2. The Morgan fingerprint density at radius 1 is 1.13 bits per heavy atom. The quantitative estimate of drug-likeness (QED) is 0.525. The second kappa shape index (κ2) is 9.87. The van der Waals surface area contributed by atoms with Gasteiger partial charge in [-0.1, -0.05) is 19.9 Å². The third-order valence-corrected chi connectivity index (χ3v) is 7.56. The van der Waals surface area contributed by atoms with E-state index < -0.39 is 33.9 Å². The number of likely N-dealkylation sites (tertiary alicyclic amines) is 1. The highest BCUT2D eigenvalue weighted by Crippen LogP contribution is 2.41. The third-order valence-electron chi connectivity index (χ3n) is 6.39. The average Bonchev–Trinajstić information content (AvgIpc) is 3.17. The first-order valence-electron chi connectivity index (χ1n) is 10.5. The van der Waals surface area contributed by atoms with Crippen molar-refractivity contribution in [2.24, 2.45) is 11.8 Å². The van der Waals surface area contributed by atoms with Crippen LogP contribution < -0.4 is 0 Å². The highest BCUT2D eigenvalue weighted by atomic mass is 35.5. The Bertz CT molecular complexity index is 839. The van der Waals surface area contributed by atoms with Crippen molar-refractivity contribution in [1.82, 2.24) is 19.0 Å². The summed E-state index contributed by atoms with van der Waals surface area (Å²) in [6, 6.07) is -0.889. The highest BCUT2D eigenvalue weighted by Gasteiger charge is 2.58. The number of carbonyl (C=O) groups excluding carboxylic acids is 3. The molecule has 3 heterocycles. The fraction of sp³-hybridized carbons (Fsp3) is 0.750. The number of fused-ring (bicyclic) bond motifs is 1. The molecule has 0 saturated carbocycles. The lowest BCUT2D eigenvalue weighted by Crippen LogP contribution is -2.48. The summed E-state index contributed by atoms with van der Waals surface area (Å²) in [7, 11) is -3.67. The molecule has 0 unspecified atom stereocenters. The van der Waals surface area contributed by atoms with Crippen LogP contribution in [0.2, 0.25) is 0 Å². The zero-order valence-electron chi connectivity index (χ0n) is 18.6. The van der Waals surface area contributed by atoms with Crippen molar-refractivity contribution in [1.29, 1.82) is 0 Å². The van der Waals surface area contributed by atoms with E-state index >= 15 is 0 Å². The van der Waals surface area contributed by atoms with Crippen LogP contribution in [0.5, 0.6) is 0 Å². The largest absolute Gasteiger partial charge is 0.340 e. The van der Waals surface area contributed by atoms with Crippen molar-refractivity contribution < 1.29 is 22.8 Å². The van der Waals surface area contributed by atoms with Crippen molar-refractivity contribution >= 4 is 40.2 Å². The van der Waals surface area contributed by atoms with E-state index in [1.165, 1.54) is 6.08 Å². The number of carbonyl (C=O) groups is 3. The van der Waals surface area contributed by atoms with E-state index in [1.807, 2.05) is 24.8 Å². The summed E-state index contributed by atoms with van der Waals surface area (Å²) in [6.07, 6.45) is 4.87. The number of amides is 3. The number of hydrogen-bond acceptors (Lipinski definition) is 6. The standard InChI is InChI=1S/C20H32N4O5S.ClH/c1-14(2)18-19-16(24(20(18)27)30(4,28)29)7-9-23(19)17(26)6-5-8-21-10-12-22(13-11-21)15(3)25;/h5-6,14,16,18-19H,7-13H2,1-4H3;1H/b6-5+;/t16-,18+,19-;/m0./s1. The molecule has 0 aromatic carbocycles. The highest BCUT2D eigenvalue weighted by molar-refractivity contribution is 7.88. The zero-order valence-corrected chi connectivity index (χ0v) is 20.2. The third kappa shape index (κ3) is 5.23. The first-order chi connectivity index (χ1) is 14.0. The Labute approximate surface area is 190 Å². The molecular weight excluding hydrogens is 444 g/mol.